The molecule has 0 radical (unpaired) electrons. The lowest BCUT2D eigenvalue weighted by molar-refractivity contribution is -0.278. The first-order chi connectivity index (χ1) is 23.0. The second kappa shape index (κ2) is 18.8. The summed E-state index contributed by atoms with van der Waals surface area (Å²) < 4.78 is 43.2. The van der Waals surface area contributed by atoms with Crippen LogP contribution in [0.1, 0.15) is 31.9 Å². The molecule has 1 aliphatic heterocycles. The van der Waals surface area contributed by atoms with Crippen molar-refractivity contribution in [3.63, 3.8) is 0 Å². The largest absolute Gasteiger partial charge is 0.467 e. The Kier molecular flexibility index (Phi) is 14.6. The molecule has 1 fully saturated rings. The summed E-state index contributed by atoms with van der Waals surface area (Å²) >= 11 is 0. The van der Waals surface area contributed by atoms with Gasteiger partial charge in [-0.1, -0.05) is 60.7 Å². The molecule has 16 nitrogen and oxygen atoms in total. The van der Waals surface area contributed by atoms with E-state index in [0.29, 0.717) is 11.1 Å². The highest BCUT2D eigenvalue weighted by molar-refractivity contribution is 5.81. The van der Waals surface area contributed by atoms with Gasteiger partial charge >= 0.3 is 36.1 Å². The molecule has 1 unspecified atom stereocenters. The Morgan fingerprint density at radius 1 is 0.729 bits per heavy atom. The highest BCUT2D eigenvalue weighted by Gasteiger charge is 2.52. The van der Waals surface area contributed by atoms with Crippen molar-refractivity contribution in [1.29, 1.82) is 0 Å². The van der Waals surface area contributed by atoms with Gasteiger partial charge in [0, 0.05) is 20.8 Å². The van der Waals surface area contributed by atoms with Gasteiger partial charge in [0.25, 0.3) is 0 Å². The van der Waals surface area contributed by atoms with Crippen LogP contribution in [0.5, 0.6) is 0 Å². The van der Waals surface area contributed by atoms with Crippen molar-refractivity contribution >= 4 is 36.1 Å². The molecule has 3 rings (SSSR count). The van der Waals surface area contributed by atoms with E-state index in [9.17, 15) is 28.8 Å². The van der Waals surface area contributed by atoms with Gasteiger partial charge in [0.05, 0.1) is 13.7 Å². The van der Waals surface area contributed by atoms with Crippen molar-refractivity contribution < 1.29 is 66.7 Å². The summed E-state index contributed by atoms with van der Waals surface area (Å²) in [6, 6.07) is 14.7. The molecule has 2 amide bonds. The standard InChI is InChI=1S/C32H38N2O14/c1-19(35)42-18-25-27(46-20(2)36)28(47-21(3)37)26(34-32(40)45-16-23-13-9-6-10-14-23)30(48-25)43-17-24(29(38)41-4)33-31(39)44-15-22-11-7-5-8-12-22/h5-14,24-28,30H,15-18H2,1-4H3,(H,33,39)(H,34,40)/t24?,25-,26-,27-,28-,30-/m1/s1. The van der Waals surface area contributed by atoms with Crippen LogP contribution >= 0.6 is 0 Å². The van der Waals surface area contributed by atoms with E-state index in [2.05, 4.69) is 10.6 Å². The van der Waals surface area contributed by atoms with Crippen molar-refractivity contribution in [2.24, 2.45) is 0 Å². The number of methoxy groups -OCH3 is 1. The van der Waals surface area contributed by atoms with E-state index in [0.717, 1.165) is 27.9 Å². The van der Waals surface area contributed by atoms with Crippen LogP contribution in [-0.2, 0) is 70.3 Å². The minimum absolute atomic E-state index is 0.0936. The molecule has 16 heteroatoms. The maximum absolute atomic E-state index is 13.0. The molecular weight excluding hydrogens is 636 g/mol. The fourth-order valence-corrected chi connectivity index (χ4v) is 4.51. The zero-order valence-corrected chi connectivity index (χ0v) is 26.8. The maximum atomic E-state index is 13.0. The Morgan fingerprint density at radius 2 is 1.27 bits per heavy atom. The zero-order valence-electron chi connectivity index (χ0n) is 26.8. The summed E-state index contributed by atoms with van der Waals surface area (Å²) in [5.41, 5.74) is 1.36. The van der Waals surface area contributed by atoms with Crippen molar-refractivity contribution in [1.82, 2.24) is 10.6 Å². The summed E-state index contributed by atoms with van der Waals surface area (Å²) in [5, 5.41) is 4.86. The molecule has 48 heavy (non-hydrogen) atoms. The van der Waals surface area contributed by atoms with Crippen LogP contribution in [0.2, 0.25) is 0 Å². The molecule has 260 valence electrons. The maximum Gasteiger partial charge on any atom is 0.408 e. The summed E-state index contributed by atoms with van der Waals surface area (Å²) in [6.45, 7) is 1.99. The molecule has 0 aliphatic carbocycles. The van der Waals surface area contributed by atoms with Crippen molar-refractivity contribution in [3.05, 3.63) is 71.8 Å². The van der Waals surface area contributed by atoms with Crippen LogP contribution in [-0.4, -0.2) is 93.1 Å². The van der Waals surface area contributed by atoms with Crippen LogP contribution in [0.15, 0.2) is 60.7 Å². The lowest BCUT2D eigenvalue weighted by Gasteiger charge is -2.44. The summed E-state index contributed by atoms with van der Waals surface area (Å²) in [4.78, 5) is 74.2. The molecule has 2 aromatic rings. The second-order valence-electron chi connectivity index (χ2n) is 10.3. The molecule has 0 spiro atoms. The molecule has 1 aliphatic rings. The van der Waals surface area contributed by atoms with Crippen LogP contribution in [0.4, 0.5) is 9.59 Å². The third kappa shape index (κ3) is 12.2. The van der Waals surface area contributed by atoms with Gasteiger partial charge in [-0.3, -0.25) is 14.4 Å². The Labute approximate surface area is 276 Å². The third-order valence-corrected chi connectivity index (χ3v) is 6.62. The van der Waals surface area contributed by atoms with Crippen molar-refractivity contribution in [3.8, 4) is 0 Å². The van der Waals surface area contributed by atoms with Gasteiger partial charge < -0.3 is 48.5 Å². The average molecular weight is 675 g/mol. The Bertz CT molecular complexity index is 1390. The predicted octanol–water partition coefficient (Wildman–Crippen LogP) is 1.92. The summed E-state index contributed by atoms with van der Waals surface area (Å²) in [6.07, 6.45) is -7.71. The van der Waals surface area contributed by atoms with Gasteiger partial charge in [-0.25, -0.2) is 14.4 Å². The first-order valence-corrected chi connectivity index (χ1v) is 14.7. The topological polar surface area (TPSA) is 200 Å². The molecule has 0 aromatic heterocycles. The van der Waals surface area contributed by atoms with Crippen LogP contribution in [0.3, 0.4) is 0 Å². The number of esters is 4. The minimum atomic E-state index is -1.57. The van der Waals surface area contributed by atoms with E-state index < -0.39 is 86.0 Å². The van der Waals surface area contributed by atoms with E-state index in [4.69, 9.17) is 37.9 Å². The first kappa shape index (κ1) is 37.2. The number of amides is 2. The molecule has 1 heterocycles. The molecule has 6 atom stereocenters. The van der Waals surface area contributed by atoms with Crippen LogP contribution < -0.4 is 10.6 Å². The number of ether oxygens (including phenoxy) is 8. The van der Waals surface area contributed by atoms with Gasteiger partial charge in [-0.2, -0.15) is 0 Å². The monoisotopic (exact) mass is 674 g/mol. The molecule has 0 saturated carbocycles. The lowest BCUT2D eigenvalue weighted by atomic mass is 9.96. The van der Waals surface area contributed by atoms with E-state index in [1.165, 1.54) is 0 Å². The van der Waals surface area contributed by atoms with E-state index in [-0.39, 0.29) is 13.2 Å². The Balaban J connectivity index is 1.85. The summed E-state index contributed by atoms with van der Waals surface area (Å²) in [5.74, 6) is -3.25. The molecule has 2 N–H and O–H groups in total. The van der Waals surface area contributed by atoms with E-state index in [1.54, 1.807) is 60.7 Å². The smallest absolute Gasteiger partial charge is 0.408 e. The van der Waals surface area contributed by atoms with Crippen molar-refractivity contribution in [2.45, 2.75) is 70.7 Å². The van der Waals surface area contributed by atoms with Gasteiger partial charge in [0.15, 0.2) is 24.5 Å². The quantitative estimate of drug-likeness (QED) is 0.217. The van der Waals surface area contributed by atoms with Crippen LogP contribution in [0.25, 0.3) is 0 Å². The molecule has 2 aromatic carbocycles. The normalized spacial score (nSPS) is 20.6. The van der Waals surface area contributed by atoms with E-state index >= 15 is 0 Å². The predicted molar refractivity (Wildman–Crippen MR) is 161 cm³/mol. The van der Waals surface area contributed by atoms with Crippen LogP contribution in [0, 0.1) is 0 Å². The lowest BCUT2D eigenvalue weighted by Crippen LogP contribution is -2.67. The van der Waals surface area contributed by atoms with E-state index in [1.807, 2.05) is 0 Å². The fraction of sp³-hybridized carbons (Fsp3) is 0.438. The minimum Gasteiger partial charge on any atom is -0.467 e. The number of hydrogen-bond donors (Lipinski definition) is 2. The van der Waals surface area contributed by atoms with Gasteiger partial charge in [0.2, 0.25) is 0 Å². The molecular formula is C32H38N2O14. The highest BCUT2D eigenvalue weighted by Crippen LogP contribution is 2.28. The Hall–Kier alpha value is -5.22. The number of benzene rings is 2. The number of hydrogen-bond acceptors (Lipinski definition) is 14. The van der Waals surface area contributed by atoms with Crippen molar-refractivity contribution in [2.75, 3.05) is 20.3 Å². The molecule has 1 saturated heterocycles. The first-order valence-electron chi connectivity index (χ1n) is 14.7. The zero-order chi connectivity index (χ0) is 35.1. The number of alkyl carbamates (subject to hydrolysis) is 2. The van der Waals surface area contributed by atoms with Gasteiger partial charge in [-0.15, -0.1) is 0 Å². The number of carbonyl (C=O) groups excluding carboxylic acids is 6. The number of nitrogens with one attached hydrogen (secondary N) is 2. The number of rotatable bonds is 14. The number of carbonyl (C=O) groups is 6. The third-order valence-electron chi connectivity index (χ3n) is 6.62. The second-order valence-corrected chi connectivity index (χ2v) is 10.3. The highest BCUT2D eigenvalue weighted by atomic mass is 16.7. The Morgan fingerprint density at radius 3 is 1.79 bits per heavy atom. The van der Waals surface area contributed by atoms with Gasteiger partial charge in [0.1, 0.15) is 32.0 Å². The summed E-state index contributed by atoms with van der Waals surface area (Å²) in [7, 11) is 1.09. The average Bonchev–Trinajstić information content (AvgIpc) is 3.06. The molecule has 0 bridgehead atoms. The SMILES string of the molecule is COC(=O)C(CO[C@@H]1O[C@H](COC(C)=O)[C@@H](OC(C)=O)[C@H](OC(C)=O)[C@H]1NC(=O)OCc1ccccc1)NC(=O)OCc1ccccc1. The fourth-order valence-electron chi connectivity index (χ4n) is 4.51. The van der Waals surface area contributed by atoms with Gasteiger partial charge in [-0.05, 0) is 11.1 Å².